The van der Waals surface area contributed by atoms with Gasteiger partial charge in [-0.2, -0.15) is 0 Å². The molecule has 7 heteroatoms. The summed E-state index contributed by atoms with van der Waals surface area (Å²) in [7, 11) is 0. The van der Waals surface area contributed by atoms with E-state index in [9.17, 15) is 18.8 Å². The van der Waals surface area contributed by atoms with Crippen molar-refractivity contribution < 1.29 is 23.5 Å². The Labute approximate surface area is 180 Å². The van der Waals surface area contributed by atoms with Crippen LogP contribution in [0.2, 0.25) is 0 Å². The van der Waals surface area contributed by atoms with Crippen LogP contribution in [0.3, 0.4) is 0 Å². The molecule has 4 atom stereocenters. The average molecular weight is 424 g/mol. The summed E-state index contributed by atoms with van der Waals surface area (Å²) in [6.45, 7) is 3.82. The molecule has 2 aliphatic rings. The number of imide groups is 1. The number of ether oxygens (including phenoxy) is 1. The van der Waals surface area contributed by atoms with E-state index in [1.807, 2.05) is 30.3 Å². The van der Waals surface area contributed by atoms with Crippen LogP contribution in [0.5, 0.6) is 0 Å². The molecule has 2 heterocycles. The minimum Gasteiger partial charge on any atom is -0.465 e. The summed E-state index contributed by atoms with van der Waals surface area (Å²) in [6, 6.07) is 14.5. The van der Waals surface area contributed by atoms with E-state index in [1.165, 1.54) is 17.0 Å². The fourth-order valence-electron chi connectivity index (χ4n) is 4.93. The second-order valence-electron chi connectivity index (χ2n) is 7.95. The Balaban J connectivity index is 1.86. The zero-order valence-electron chi connectivity index (χ0n) is 17.5. The zero-order chi connectivity index (χ0) is 22.2. The molecule has 2 fully saturated rings. The van der Waals surface area contributed by atoms with Gasteiger partial charge in [0.05, 0.1) is 18.4 Å². The molecule has 1 N–H and O–H groups in total. The van der Waals surface area contributed by atoms with Gasteiger partial charge in [-0.3, -0.25) is 24.6 Å². The van der Waals surface area contributed by atoms with Crippen LogP contribution >= 0.6 is 0 Å². The highest BCUT2D eigenvalue weighted by molar-refractivity contribution is 6.09. The molecule has 2 aromatic carbocycles. The van der Waals surface area contributed by atoms with E-state index in [1.54, 1.807) is 26.0 Å². The molecule has 0 bridgehead atoms. The molecule has 4 rings (SSSR count). The van der Waals surface area contributed by atoms with Crippen molar-refractivity contribution >= 4 is 17.8 Å². The molecule has 2 aliphatic heterocycles. The third-order valence-corrected chi connectivity index (χ3v) is 6.26. The van der Waals surface area contributed by atoms with Gasteiger partial charge in [-0.1, -0.05) is 42.5 Å². The second-order valence-corrected chi connectivity index (χ2v) is 7.95. The maximum Gasteiger partial charge on any atom is 0.327 e. The molecule has 0 radical (unpaired) electrons. The number of rotatable bonds is 6. The van der Waals surface area contributed by atoms with Crippen LogP contribution in [0, 0.1) is 17.7 Å². The van der Waals surface area contributed by atoms with Crippen molar-refractivity contribution in [1.82, 2.24) is 10.2 Å². The fourth-order valence-corrected chi connectivity index (χ4v) is 4.93. The maximum atomic E-state index is 13.5. The van der Waals surface area contributed by atoms with Gasteiger partial charge in [0.2, 0.25) is 11.8 Å². The van der Waals surface area contributed by atoms with Gasteiger partial charge in [-0.15, -0.1) is 0 Å². The van der Waals surface area contributed by atoms with Gasteiger partial charge in [0.15, 0.2) is 0 Å². The molecule has 2 amide bonds. The van der Waals surface area contributed by atoms with Crippen molar-refractivity contribution in [1.29, 1.82) is 0 Å². The van der Waals surface area contributed by atoms with E-state index >= 15 is 0 Å². The lowest BCUT2D eigenvalue weighted by Crippen LogP contribution is -2.58. The maximum absolute atomic E-state index is 13.5. The first kappa shape index (κ1) is 21.2. The summed E-state index contributed by atoms with van der Waals surface area (Å²) in [4.78, 5) is 41.2. The Kier molecular flexibility index (Phi) is 5.62. The number of amides is 2. The smallest absolute Gasteiger partial charge is 0.327 e. The predicted octanol–water partition coefficient (Wildman–Crippen LogP) is 2.64. The third-order valence-electron chi connectivity index (χ3n) is 6.26. The number of fused-ring (bicyclic) bond motifs is 1. The first-order valence-electron chi connectivity index (χ1n) is 10.5. The predicted molar refractivity (Wildman–Crippen MR) is 111 cm³/mol. The Morgan fingerprint density at radius 3 is 2.35 bits per heavy atom. The van der Waals surface area contributed by atoms with E-state index in [4.69, 9.17) is 4.74 Å². The van der Waals surface area contributed by atoms with Crippen molar-refractivity contribution in [3.05, 3.63) is 71.5 Å². The molecule has 2 saturated heterocycles. The Morgan fingerprint density at radius 1 is 1.06 bits per heavy atom. The van der Waals surface area contributed by atoms with Gasteiger partial charge < -0.3 is 4.74 Å². The molecule has 0 spiro atoms. The van der Waals surface area contributed by atoms with Gasteiger partial charge in [-0.25, -0.2) is 4.39 Å². The molecule has 0 aliphatic carbocycles. The van der Waals surface area contributed by atoms with Gasteiger partial charge in [0.1, 0.15) is 11.4 Å². The molecule has 0 saturated carbocycles. The molecular weight excluding hydrogens is 399 g/mol. The summed E-state index contributed by atoms with van der Waals surface area (Å²) in [5.74, 6) is -3.33. The molecular formula is C24H25FN2O4. The lowest BCUT2D eigenvalue weighted by Gasteiger charge is -2.33. The molecule has 0 unspecified atom stereocenters. The molecule has 162 valence electrons. The van der Waals surface area contributed by atoms with Crippen LogP contribution in [0.25, 0.3) is 0 Å². The van der Waals surface area contributed by atoms with Crippen LogP contribution in [0.1, 0.15) is 31.0 Å². The monoisotopic (exact) mass is 424 g/mol. The number of halogens is 1. The van der Waals surface area contributed by atoms with Crippen LogP contribution in [0.15, 0.2) is 54.6 Å². The number of nitrogens with zero attached hydrogens (tertiary/aromatic N) is 1. The lowest BCUT2D eigenvalue weighted by atomic mass is 9.76. The normalized spacial score (nSPS) is 27.5. The quantitative estimate of drug-likeness (QED) is 0.570. The van der Waals surface area contributed by atoms with Crippen molar-refractivity contribution in [3.8, 4) is 0 Å². The number of esters is 1. The highest BCUT2D eigenvalue weighted by Crippen LogP contribution is 2.50. The third kappa shape index (κ3) is 3.43. The highest BCUT2D eigenvalue weighted by Gasteiger charge is 2.68. The summed E-state index contributed by atoms with van der Waals surface area (Å²) in [6.07, 6.45) is 0.197. The van der Waals surface area contributed by atoms with Gasteiger partial charge in [0.25, 0.3) is 0 Å². The van der Waals surface area contributed by atoms with Gasteiger partial charge in [0, 0.05) is 19.0 Å². The second kappa shape index (κ2) is 8.23. The van der Waals surface area contributed by atoms with Crippen molar-refractivity contribution in [2.24, 2.45) is 11.8 Å². The first-order valence-corrected chi connectivity index (χ1v) is 10.5. The minimum absolute atomic E-state index is 0.148. The lowest BCUT2D eigenvalue weighted by molar-refractivity contribution is -0.156. The van der Waals surface area contributed by atoms with Crippen LogP contribution in [-0.4, -0.2) is 41.4 Å². The van der Waals surface area contributed by atoms with Gasteiger partial charge >= 0.3 is 5.97 Å². The zero-order valence-corrected chi connectivity index (χ0v) is 17.5. The largest absolute Gasteiger partial charge is 0.465 e. The fraction of sp³-hybridized carbons (Fsp3) is 0.375. The van der Waals surface area contributed by atoms with E-state index in [2.05, 4.69) is 5.32 Å². The molecule has 6 nitrogen and oxygen atoms in total. The number of carbonyl (C=O) groups excluding carboxylic acids is 3. The van der Waals surface area contributed by atoms with Gasteiger partial charge in [-0.05, 0) is 37.1 Å². The number of hydrogen-bond acceptors (Lipinski definition) is 5. The van der Waals surface area contributed by atoms with Crippen molar-refractivity contribution in [2.45, 2.75) is 31.8 Å². The summed E-state index contributed by atoms with van der Waals surface area (Å²) in [5.41, 5.74) is 0.0871. The van der Waals surface area contributed by atoms with Crippen LogP contribution in [-0.2, 0) is 25.5 Å². The Hall–Kier alpha value is -3.06. The highest BCUT2D eigenvalue weighted by atomic mass is 19.1. The average Bonchev–Trinajstić information content (AvgIpc) is 3.24. The first-order chi connectivity index (χ1) is 14.9. The number of nitrogens with one attached hydrogen (secondary N) is 1. The van der Waals surface area contributed by atoms with Crippen molar-refractivity contribution in [2.75, 3.05) is 13.2 Å². The summed E-state index contributed by atoms with van der Waals surface area (Å²) >= 11 is 0. The van der Waals surface area contributed by atoms with E-state index < -0.39 is 35.2 Å². The van der Waals surface area contributed by atoms with E-state index in [-0.39, 0.29) is 31.4 Å². The number of benzene rings is 2. The molecule has 2 aromatic rings. The van der Waals surface area contributed by atoms with E-state index in [0.717, 1.165) is 5.56 Å². The van der Waals surface area contributed by atoms with E-state index in [0.29, 0.717) is 5.56 Å². The minimum atomic E-state index is -1.41. The number of carbonyl (C=O) groups is 3. The van der Waals surface area contributed by atoms with Crippen LogP contribution in [0.4, 0.5) is 4.39 Å². The molecule has 31 heavy (non-hydrogen) atoms. The topological polar surface area (TPSA) is 75.7 Å². The standard InChI is InChI=1S/C24H25FN2O4/c1-3-27-21(28)18-19(22(27)29)24(23(30)31-4-2,14-15-8-6-5-7-9-15)26-20(18)16-10-12-17(25)13-11-16/h5-13,18-20,26H,3-4,14H2,1-2H3/t18-,19+,20+,24+/m0/s1. The Morgan fingerprint density at radius 2 is 1.74 bits per heavy atom. The number of hydrogen-bond donors (Lipinski definition) is 1. The van der Waals surface area contributed by atoms with Crippen molar-refractivity contribution in [3.63, 3.8) is 0 Å². The van der Waals surface area contributed by atoms with Crippen LogP contribution < -0.4 is 5.32 Å². The summed E-state index contributed by atoms with van der Waals surface area (Å²) < 4.78 is 19.0. The SMILES string of the molecule is CCOC(=O)[C@]1(Cc2ccccc2)N[C@H](c2ccc(F)cc2)[C@H]2C(=O)N(CC)C(=O)[C@@H]21. The Bertz CT molecular complexity index is 994. The summed E-state index contributed by atoms with van der Waals surface area (Å²) in [5, 5.41) is 3.32. The number of likely N-dealkylation sites (tertiary alicyclic amines) is 1. The molecule has 0 aromatic heterocycles.